The minimum atomic E-state index is -0.389. The Morgan fingerprint density at radius 3 is 1.35 bits per heavy atom. The SMILES string of the molecule is CC(C)Cc1ccc(C(C)C(=O)Oc2c(C(C)(C)C)cc(SC(C)(C)Sc3cc(C(C)(C)C)c(O)c(C(C)(C)C)c3)cc2C(C)(C)C)cc1. The Labute approximate surface area is 307 Å². The lowest BCUT2D eigenvalue weighted by Crippen LogP contribution is -2.24. The molecule has 0 aliphatic carbocycles. The van der Waals surface area contributed by atoms with E-state index in [0.29, 0.717) is 17.4 Å². The van der Waals surface area contributed by atoms with E-state index >= 15 is 0 Å². The smallest absolute Gasteiger partial charge is 0.318 e. The fourth-order valence-electron chi connectivity index (χ4n) is 6.02. The fraction of sp³-hybridized carbons (Fsp3) is 0.568. The van der Waals surface area contributed by atoms with Gasteiger partial charge in [-0.1, -0.05) is 121 Å². The van der Waals surface area contributed by atoms with E-state index in [1.165, 1.54) is 5.56 Å². The zero-order valence-electron chi connectivity index (χ0n) is 33.6. The van der Waals surface area contributed by atoms with Crippen LogP contribution in [0, 0.1) is 5.92 Å². The van der Waals surface area contributed by atoms with Crippen molar-refractivity contribution in [1.82, 2.24) is 0 Å². The minimum absolute atomic E-state index is 0.191. The molecule has 0 amide bonds. The first-order chi connectivity index (χ1) is 22.1. The summed E-state index contributed by atoms with van der Waals surface area (Å²) in [5, 5.41) is 11.3. The second-order valence-electron chi connectivity index (χ2n) is 18.8. The molecule has 1 N–H and O–H groups in total. The molecule has 0 saturated carbocycles. The summed E-state index contributed by atoms with van der Waals surface area (Å²) in [7, 11) is 0. The molecule has 5 heteroatoms. The Hall–Kier alpha value is -2.37. The van der Waals surface area contributed by atoms with E-state index in [9.17, 15) is 9.90 Å². The van der Waals surface area contributed by atoms with E-state index in [-0.39, 0.29) is 37.6 Å². The van der Waals surface area contributed by atoms with E-state index in [4.69, 9.17) is 4.74 Å². The van der Waals surface area contributed by atoms with Gasteiger partial charge in [0.25, 0.3) is 0 Å². The zero-order valence-corrected chi connectivity index (χ0v) is 35.2. The van der Waals surface area contributed by atoms with Gasteiger partial charge in [-0.3, -0.25) is 4.79 Å². The van der Waals surface area contributed by atoms with Gasteiger partial charge in [0.05, 0.1) is 10.00 Å². The van der Waals surface area contributed by atoms with Gasteiger partial charge in [-0.25, -0.2) is 0 Å². The number of carbonyl (C=O) groups is 1. The predicted octanol–water partition coefficient (Wildman–Crippen LogP) is 13.1. The molecule has 3 nitrogen and oxygen atoms in total. The molecular formula is C44H64O3S2. The van der Waals surface area contributed by atoms with Crippen molar-refractivity contribution in [3.05, 3.63) is 81.9 Å². The summed E-state index contributed by atoms with van der Waals surface area (Å²) in [5.74, 6) is 1.05. The Morgan fingerprint density at radius 1 is 0.633 bits per heavy atom. The molecule has 0 radical (unpaired) electrons. The predicted molar refractivity (Wildman–Crippen MR) is 214 cm³/mol. The van der Waals surface area contributed by atoms with Crippen LogP contribution in [0.15, 0.2) is 58.3 Å². The van der Waals surface area contributed by atoms with E-state index in [2.05, 4.69) is 159 Å². The molecule has 1 atom stereocenters. The summed E-state index contributed by atoms with van der Waals surface area (Å²) in [5.41, 5.74) is 5.37. The maximum Gasteiger partial charge on any atom is 0.318 e. The Kier molecular flexibility index (Phi) is 12.3. The van der Waals surface area contributed by atoms with Crippen molar-refractivity contribution < 1.29 is 14.6 Å². The average Bonchev–Trinajstić information content (AvgIpc) is 2.91. The highest BCUT2D eigenvalue weighted by molar-refractivity contribution is 8.18. The molecule has 3 aromatic carbocycles. The highest BCUT2D eigenvalue weighted by Crippen LogP contribution is 2.51. The van der Waals surface area contributed by atoms with Crippen molar-refractivity contribution >= 4 is 29.5 Å². The van der Waals surface area contributed by atoms with Crippen LogP contribution in [0.2, 0.25) is 0 Å². The Morgan fingerprint density at radius 2 is 1.00 bits per heavy atom. The first kappa shape index (κ1) is 41.1. The summed E-state index contributed by atoms with van der Waals surface area (Å²) in [6.07, 6.45) is 1.02. The van der Waals surface area contributed by atoms with Crippen molar-refractivity contribution in [2.45, 2.75) is 166 Å². The van der Waals surface area contributed by atoms with Crippen LogP contribution >= 0.6 is 23.5 Å². The van der Waals surface area contributed by atoms with Crippen molar-refractivity contribution in [3.63, 3.8) is 0 Å². The third-order valence-electron chi connectivity index (χ3n) is 8.79. The zero-order chi connectivity index (χ0) is 37.5. The van der Waals surface area contributed by atoms with Crippen molar-refractivity contribution in [2.75, 3.05) is 0 Å². The second-order valence-corrected chi connectivity index (χ2v) is 22.5. The third-order valence-corrected chi connectivity index (χ3v) is 11.2. The molecule has 3 aromatic rings. The van der Waals surface area contributed by atoms with Crippen LogP contribution in [0.25, 0.3) is 0 Å². The first-order valence-electron chi connectivity index (χ1n) is 17.9. The fourth-order valence-corrected chi connectivity index (χ4v) is 8.61. The van der Waals surface area contributed by atoms with E-state index in [0.717, 1.165) is 44.0 Å². The number of thioether (sulfide) groups is 2. The van der Waals surface area contributed by atoms with Crippen molar-refractivity contribution in [3.8, 4) is 11.5 Å². The van der Waals surface area contributed by atoms with E-state index in [1.807, 2.05) is 30.4 Å². The van der Waals surface area contributed by atoms with Gasteiger partial charge in [0.15, 0.2) is 0 Å². The lowest BCUT2D eigenvalue weighted by atomic mass is 9.79. The summed E-state index contributed by atoms with van der Waals surface area (Å²) in [6.45, 7) is 37.0. The lowest BCUT2D eigenvalue weighted by Gasteiger charge is -2.32. The maximum absolute atomic E-state index is 13.8. The van der Waals surface area contributed by atoms with Crippen LogP contribution in [0.3, 0.4) is 0 Å². The van der Waals surface area contributed by atoms with Crippen LogP contribution in [-0.4, -0.2) is 15.2 Å². The summed E-state index contributed by atoms with van der Waals surface area (Å²) >= 11 is 3.65. The van der Waals surface area contributed by atoms with Gasteiger partial charge in [0.2, 0.25) is 0 Å². The number of aromatic hydroxyl groups is 1. The van der Waals surface area contributed by atoms with Crippen LogP contribution < -0.4 is 4.74 Å². The van der Waals surface area contributed by atoms with Crippen molar-refractivity contribution in [2.24, 2.45) is 5.92 Å². The molecule has 1 unspecified atom stereocenters. The van der Waals surface area contributed by atoms with Gasteiger partial charge < -0.3 is 9.84 Å². The van der Waals surface area contributed by atoms with E-state index < -0.39 is 0 Å². The number of hydrogen-bond acceptors (Lipinski definition) is 5. The lowest BCUT2D eigenvalue weighted by molar-refractivity contribution is -0.135. The van der Waals surface area contributed by atoms with Crippen LogP contribution in [0.1, 0.15) is 157 Å². The number of carbonyl (C=O) groups excluding carboxylic acids is 1. The van der Waals surface area contributed by atoms with Gasteiger partial charge in [-0.2, -0.15) is 0 Å². The Bertz CT molecular complexity index is 1550. The number of rotatable bonds is 9. The normalized spacial score (nSPS) is 13.9. The molecule has 0 spiro atoms. The number of benzene rings is 3. The van der Waals surface area contributed by atoms with Crippen LogP contribution in [-0.2, 0) is 32.9 Å². The summed E-state index contributed by atoms with van der Waals surface area (Å²) in [6, 6.07) is 17.2. The number of esters is 1. The monoisotopic (exact) mass is 704 g/mol. The summed E-state index contributed by atoms with van der Waals surface area (Å²) in [4.78, 5) is 16.1. The quantitative estimate of drug-likeness (QED) is 0.104. The second kappa shape index (κ2) is 14.7. The molecule has 49 heavy (non-hydrogen) atoms. The average molecular weight is 705 g/mol. The molecule has 0 fully saturated rings. The maximum atomic E-state index is 13.8. The number of ether oxygens (including phenoxy) is 1. The highest BCUT2D eigenvalue weighted by atomic mass is 32.2. The minimum Gasteiger partial charge on any atom is -0.507 e. The molecule has 3 rings (SSSR count). The van der Waals surface area contributed by atoms with Crippen LogP contribution in [0.4, 0.5) is 0 Å². The number of phenols is 1. The van der Waals surface area contributed by atoms with Gasteiger partial charge in [-0.15, -0.1) is 23.5 Å². The third kappa shape index (κ3) is 10.8. The highest BCUT2D eigenvalue weighted by Gasteiger charge is 2.33. The largest absolute Gasteiger partial charge is 0.507 e. The molecule has 0 aliphatic rings. The van der Waals surface area contributed by atoms with Crippen molar-refractivity contribution in [1.29, 1.82) is 0 Å². The molecule has 0 bridgehead atoms. The van der Waals surface area contributed by atoms with Crippen LogP contribution in [0.5, 0.6) is 11.5 Å². The molecule has 0 aliphatic heterocycles. The standard InChI is InChI=1S/C44H64O3S2/c1-27(2)22-29-18-20-30(21-19-29)28(3)39(46)47-38-35(42(10,11)12)25-32(26-36(38)43(13,14)15)49-44(16,17)48-31-23-33(40(4,5)6)37(45)34(24-31)41(7,8)9/h18-21,23-28,45H,22H2,1-17H3. The van der Waals surface area contributed by atoms with Gasteiger partial charge in [-0.05, 0) is 90.2 Å². The topological polar surface area (TPSA) is 46.5 Å². The van der Waals surface area contributed by atoms with Gasteiger partial charge in [0.1, 0.15) is 11.5 Å². The van der Waals surface area contributed by atoms with Gasteiger partial charge >= 0.3 is 5.97 Å². The first-order valence-corrected chi connectivity index (χ1v) is 19.5. The number of hydrogen-bond donors (Lipinski definition) is 1. The molecule has 0 aromatic heterocycles. The van der Waals surface area contributed by atoms with Gasteiger partial charge in [0, 0.05) is 32.0 Å². The molecular weight excluding hydrogens is 641 g/mol. The summed E-state index contributed by atoms with van der Waals surface area (Å²) < 4.78 is 6.21. The number of phenolic OH excluding ortho intramolecular Hbond substituents is 1. The molecule has 270 valence electrons. The molecule has 0 heterocycles. The van der Waals surface area contributed by atoms with E-state index in [1.54, 1.807) is 0 Å². The molecule has 0 saturated heterocycles. The Balaban J connectivity index is 2.04.